The van der Waals surface area contributed by atoms with Crippen molar-refractivity contribution in [3.05, 3.63) is 45.7 Å². The number of fused-ring (bicyclic) bond motifs is 1. The number of aromatic nitrogens is 1. The number of halogens is 2. The Bertz CT molecular complexity index is 695. The summed E-state index contributed by atoms with van der Waals surface area (Å²) in [4.78, 5) is 14.9. The summed E-state index contributed by atoms with van der Waals surface area (Å²) in [7, 11) is 0. The number of ether oxygens (including phenoxy) is 2. The molecule has 0 saturated heterocycles. The van der Waals surface area contributed by atoms with Gasteiger partial charge in [0.15, 0.2) is 11.5 Å². The van der Waals surface area contributed by atoms with Gasteiger partial charge >= 0.3 is 0 Å². The summed E-state index contributed by atoms with van der Waals surface area (Å²) >= 11 is 11.6. The summed E-state index contributed by atoms with van der Waals surface area (Å²) in [6.45, 7) is 2.96. The molecule has 1 atom stereocenters. The van der Waals surface area contributed by atoms with Gasteiger partial charge in [-0.3, -0.25) is 4.79 Å². The van der Waals surface area contributed by atoms with Crippen molar-refractivity contribution in [1.29, 1.82) is 0 Å². The molecule has 2 N–H and O–H groups in total. The summed E-state index contributed by atoms with van der Waals surface area (Å²) in [5, 5.41) is 3.44. The Kier molecular flexibility index (Phi) is 4.18. The molecule has 1 amide bonds. The van der Waals surface area contributed by atoms with Crippen molar-refractivity contribution < 1.29 is 14.3 Å². The van der Waals surface area contributed by atoms with Crippen LogP contribution in [-0.2, 0) is 0 Å². The highest BCUT2D eigenvalue weighted by Crippen LogP contribution is 2.32. The molecule has 0 spiro atoms. The van der Waals surface area contributed by atoms with Gasteiger partial charge in [0.05, 0.1) is 11.1 Å². The molecule has 5 nitrogen and oxygen atoms in total. The molecule has 1 unspecified atom stereocenters. The Morgan fingerprint density at radius 2 is 1.95 bits per heavy atom. The topological polar surface area (TPSA) is 63.4 Å². The Hall–Kier alpha value is -1.85. The average Bonchev–Trinajstić information content (AvgIpc) is 2.86. The molecule has 0 radical (unpaired) electrons. The van der Waals surface area contributed by atoms with Crippen LogP contribution in [0.1, 0.15) is 29.0 Å². The third-order valence-corrected chi connectivity index (χ3v) is 4.08. The minimum absolute atomic E-state index is 0.204. The van der Waals surface area contributed by atoms with E-state index in [1.165, 1.54) is 6.07 Å². The molecule has 0 bridgehead atoms. The number of hydrogen-bond acceptors (Lipinski definition) is 3. The molecule has 3 rings (SSSR count). The summed E-state index contributed by atoms with van der Waals surface area (Å²) in [6.07, 6.45) is 0. The monoisotopic (exact) mass is 340 g/mol. The smallest absolute Gasteiger partial charge is 0.268 e. The van der Waals surface area contributed by atoms with Crippen LogP contribution in [-0.4, -0.2) is 24.1 Å². The van der Waals surface area contributed by atoms with Crippen LogP contribution in [0.3, 0.4) is 0 Å². The minimum atomic E-state index is -0.281. The maximum absolute atomic E-state index is 12.2. The van der Waals surface area contributed by atoms with Crippen molar-refractivity contribution in [1.82, 2.24) is 10.3 Å². The van der Waals surface area contributed by atoms with Gasteiger partial charge in [-0.1, -0.05) is 29.3 Å². The molecule has 7 heteroatoms. The lowest BCUT2D eigenvalue weighted by Crippen LogP contribution is -2.27. The maximum atomic E-state index is 12.2. The number of amides is 1. The van der Waals surface area contributed by atoms with Crippen LogP contribution in [0.4, 0.5) is 0 Å². The van der Waals surface area contributed by atoms with Crippen LogP contribution < -0.4 is 14.8 Å². The van der Waals surface area contributed by atoms with Crippen molar-refractivity contribution in [3.8, 4) is 11.5 Å². The predicted molar refractivity (Wildman–Crippen MR) is 84.1 cm³/mol. The van der Waals surface area contributed by atoms with Gasteiger partial charge in [-0.2, -0.15) is 0 Å². The van der Waals surface area contributed by atoms with Crippen molar-refractivity contribution in [2.45, 2.75) is 13.0 Å². The standard InChI is InChI=1S/C15H14Cl2N2O3/c1-8(18-15(20)11-7-10(16)14(17)19-11)9-2-3-12-13(6-9)22-5-4-21-12/h2-3,6-8,19H,4-5H2,1H3,(H,18,20). The van der Waals surface area contributed by atoms with Gasteiger partial charge in [-0.25, -0.2) is 0 Å². The van der Waals surface area contributed by atoms with Crippen LogP contribution in [0, 0.1) is 0 Å². The van der Waals surface area contributed by atoms with Crippen molar-refractivity contribution in [2.75, 3.05) is 13.2 Å². The first-order valence-electron chi connectivity index (χ1n) is 6.79. The van der Waals surface area contributed by atoms with E-state index in [1.54, 1.807) is 0 Å². The van der Waals surface area contributed by atoms with E-state index in [4.69, 9.17) is 32.7 Å². The van der Waals surface area contributed by atoms with Gasteiger partial charge in [0.1, 0.15) is 24.1 Å². The fourth-order valence-corrected chi connectivity index (χ4v) is 2.53. The summed E-state index contributed by atoms with van der Waals surface area (Å²) in [5.74, 6) is 1.13. The highest BCUT2D eigenvalue weighted by Gasteiger charge is 2.18. The Morgan fingerprint density at radius 1 is 1.23 bits per heavy atom. The summed E-state index contributed by atoms with van der Waals surface area (Å²) in [6, 6.07) is 6.90. The van der Waals surface area contributed by atoms with E-state index in [9.17, 15) is 4.79 Å². The Morgan fingerprint density at radius 3 is 2.64 bits per heavy atom. The first-order valence-corrected chi connectivity index (χ1v) is 7.54. The highest BCUT2D eigenvalue weighted by atomic mass is 35.5. The zero-order valence-corrected chi connectivity index (χ0v) is 13.3. The SMILES string of the molecule is CC(NC(=O)c1cc(Cl)c(Cl)[nH]1)c1ccc2c(c1)OCCO2. The first-order chi connectivity index (χ1) is 10.5. The molecule has 1 aliphatic rings. The number of carbonyl (C=O) groups is 1. The quantitative estimate of drug-likeness (QED) is 0.897. The second-order valence-electron chi connectivity index (χ2n) is 4.94. The van der Waals surface area contributed by atoms with Gasteiger partial charge in [-0.05, 0) is 30.7 Å². The zero-order chi connectivity index (χ0) is 15.7. The van der Waals surface area contributed by atoms with Crippen LogP contribution in [0.5, 0.6) is 11.5 Å². The molecule has 116 valence electrons. The third-order valence-electron chi connectivity index (χ3n) is 3.38. The fraction of sp³-hybridized carbons (Fsp3) is 0.267. The normalized spacial score (nSPS) is 14.5. The second kappa shape index (κ2) is 6.10. The minimum Gasteiger partial charge on any atom is -0.486 e. The van der Waals surface area contributed by atoms with Crippen LogP contribution in [0.15, 0.2) is 24.3 Å². The molecular weight excluding hydrogens is 327 g/mol. The summed E-state index contributed by atoms with van der Waals surface area (Å²) in [5.41, 5.74) is 1.24. The molecule has 0 saturated carbocycles. The van der Waals surface area contributed by atoms with Gasteiger partial charge in [0.25, 0.3) is 5.91 Å². The lowest BCUT2D eigenvalue weighted by atomic mass is 10.1. The molecule has 0 aliphatic carbocycles. The molecule has 2 aromatic rings. The fourth-order valence-electron chi connectivity index (χ4n) is 2.21. The number of H-pyrrole nitrogens is 1. The van der Waals surface area contributed by atoms with Crippen molar-refractivity contribution in [2.24, 2.45) is 0 Å². The number of aromatic amines is 1. The average molecular weight is 341 g/mol. The molecule has 0 fully saturated rings. The zero-order valence-electron chi connectivity index (χ0n) is 11.8. The molecule has 1 aliphatic heterocycles. The van der Waals surface area contributed by atoms with E-state index >= 15 is 0 Å². The van der Waals surface area contributed by atoms with E-state index in [1.807, 2.05) is 25.1 Å². The van der Waals surface area contributed by atoms with Gasteiger partial charge in [0, 0.05) is 0 Å². The number of carbonyl (C=O) groups excluding carboxylic acids is 1. The second-order valence-corrected chi connectivity index (χ2v) is 5.73. The van der Waals surface area contributed by atoms with Gasteiger partial charge in [0.2, 0.25) is 0 Å². The van der Waals surface area contributed by atoms with E-state index in [-0.39, 0.29) is 17.1 Å². The molecule has 1 aromatic heterocycles. The van der Waals surface area contributed by atoms with Crippen molar-refractivity contribution >= 4 is 29.1 Å². The van der Waals surface area contributed by atoms with Gasteiger partial charge in [-0.15, -0.1) is 0 Å². The number of rotatable bonds is 3. The highest BCUT2D eigenvalue weighted by molar-refractivity contribution is 6.41. The lowest BCUT2D eigenvalue weighted by molar-refractivity contribution is 0.0935. The van der Waals surface area contributed by atoms with Crippen LogP contribution in [0.2, 0.25) is 10.2 Å². The van der Waals surface area contributed by atoms with Gasteiger partial charge < -0.3 is 19.8 Å². The van der Waals surface area contributed by atoms with E-state index in [2.05, 4.69) is 10.3 Å². The molecule has 22 heavy (non-hydrogen) atoms. The molecular formula is C15H14Cl2N2O3. The summed E-state index contributed by atoms with van der Waals surface area (Å²) < 4.78 is 11.0. The first kappa shape index (κ1) is 15.1. The lowest BCUT2D eigenvalue weighted by Gasteiger charge is -2.21. The third kappa shape index (κ3) is 3.00. The maximum Gasteiger partial charge on any atom is 0.268 e. The van der Waals surface area contributed by atoms with Crippen molar-refractivity contribution in [3.63, 3.8) is 0 Å². The Balaban J connectivity index is 1.73. The van der Waals surface area contributed by atoms with Crippen LogP contribution >= 0.6 is 23.2 Å². The Labute approximate surface area is 137 Å². The molecule has 1 aromatic carbocycles. The predicted octanol–water partition coefficient (Wildman–Crippen LogP) is 3.58. The van der Waals surface area contributed by atoms with Crippen LogP contribution in [0.25, 0.3) is 0 Å². The van der Waals surface area contributed by atoms with E-state index in [0.717, 1.165) is 11.3 Å². The van der Waals surface area contributed by atoms with E-state index < -0.39 is 0 Å². The largest absolute Gasteiger partial charge is 0.486 e. The molecule has 2 heterocycles. The van der Waals surface area contributed by atoms with E-state index in [0.29, 0.717) is 29.7 Å². The number of benzene rings is 1. The number of nitrogens with one attached hydrogen (secondary N) is 2. The number of hydrogen-bond donors (Lipinski definition) is 2.